The lowest BCUT2D eigenvalue weighted by Crippen LogP contribution is -2.49. The summed E-state index contributed by atoms with van der Waals surface area (Å²) in [6.07, 6.45) is 2.88. The van der Waals surface area contributed by atoms with Crippen molar-refractivity contribution in [3.8, 4) is 0 Å². The number of rotatable bonds is 5. The number of hydrogen-bond acceptors (Lipinski definition) is 2. The lowest BCUT2D eigenvalue weighted by molar-refractivity contribution is -0.136. The van der Waals surface area contributed by atoms with Gasteiger partial charge in [-0.1, -0.05) is 27.7 Å². The Bertz CT molecular complexity index is 294. The second-order valence-corrected chi connectivity index (χ2v) is 5.88. The van der Waals surface area contributed by atoms with E-state index in [4.69, 9.17) is 0 Å². The largest absolute Gasteiger partial charge is 0.344 e. The molecule has 1 heterocycles. The van der Waals surface area contributed by atoms with E-state index in [-0.39, 0.29) is 23.8 Å². The number of nitrogens with zero attached hydrogens (tertiary/aromatic N) is 1. The first-order valence-corrected chi connectivity index (χ1v) is 7.01. The number of likely N-dealkylation sites (tertiary alicyclic amines) is 1. The summed E-state index contributed by atoms with van der Waals surface area (Å²) in [7, 11) is 0. The summed E-state index contributed by atoms with van der Waals surface area (Å²) in [6, 6.07) is -0.349. The molecule has 0 unspecified atom stereocenters. The fraction of sp³-hybridized carbons (Fsp3) is 0.857. The van der Waals surface area contributed by atoms with Crippen LogP contribution in [0, 0.1) is 11.8 Å². The van der Waals surface area contributed by atoms with Gasteiger partial charge in [0.1, 0.15) is 6.04 Å². The van der Waals surface area contributed by atoms with Crippen molar-refractivity contribution in [3.05, 3.63) is 0 Å². The lowest BCUT2D eigenvalue weighted by atomic mass is 10.0. The zero-order valence-corrected chi connectivity index (χ0v) is 12.0. The van der Waals surface area contributed by atoms with Crippen LogP contribution in [-0.4, -0.2) is 35.8 Å². The highest BCUT2D eigenvalue weighted by Crippen LogP contribution is 2.14. The Morgan fingerprint density at radius 2 is 1.67 bits per heavy atom. The molecule has 0 aromatic heterocycles. The molecule has 0 aromatic rings. The molecule has 0 bridgehead atoms. The maximum absolute atomic E-state index is 12.4. The van der Waals surface area contributed by atoms with Crippen molar-refractivity contribution in [2.24, 2.45) is 11.8 Å². The molecule has 1 aliphatic rings. The summed E-state index contributed by atoms with van der Waals surface area (Å²) in [5.41, 5.74) is 0. The van der Waals surface area contributed by atoms with Crippen molar-refractivity contribution in [1.29, 1.82) is 0 Å². The van der Waals surface area contributed by atoms with Crippen LogP contribution in [0.2, 0.25) is 0 Å². The van der Waals surface area contributed by atoms with Crippen LogP contribution in [0.1, 0.15) is 47.0 Å². The van der Waals surface area contributed by atoms with Gasteiger partial charge in [-0.2, -0.15) is 0 Å². The molecule has 2 amide bonds. The smallest absolute Gasteiger partial charge is 0.245 e. The topological polar surface area (TPSA) is 49.4 Å². The van der Waals surface area contributed by atoms with Crippen LogP contribution in [0.4, 0.5) is 0 Å². The van der Waals surface area contributed by atoms with Gasteiger partial charge in [-0.05, 0) is 25.2 Å². The van der Waals surface area contributed by atoms with Gasteiger partial charge in [-0.25, -0.2) is 0 Å². The van der Waals surface area contributed by atoms with Crippen molar-refractivity contribution >= 4 is 11.8 Å². The molecule has 104 valence electrons. The second-order valence-electron chi connectivity index (χ2n) is 5.88. The summed E-state index contributed by atoms with van der Waals surface area (Å²) in [5, 5.41) is 2.89. The van der Waals surface area contributed by atoms with Crippen LogP contribution >= 0.6 is 0 Å². The standard InChI is InChI=1S/C14H26N2O2/c1-10(2)9-12(15-13(17)11(3)4)14(18)16-7-5-6-8-16/h10-12H,5-9H2,1-4H3,(H,15,17)/t12-/m0/s1. The Morgan fingerprint density at radius 1 is 1.11 bits per heavy atom. The molecule has 1 aliphatic heterocycles. The second kappa shape index (κ2) is 6.76. The first kappa shape index (κ1) is 15.0. The van der Waals surface area contributed by atoms with E-state index in [1.54, 1.807) is 0 Å². The van der Waals surface area contributed by atoms with Gasteiger partial charge in [0.25, 0.3) is 0 Å². The minimum Gasteiger partial charge on any atom is -0.344 e. The van der Waals surface area contributed by atoms with E-state index in [0.717, 1.165) is 25.9 Å². The SMILES string of the molecule is CC(C)C[C@H](NC(=O)C(C)C)C(=O)N1CCCC1. The summed E-state index contributed by atoms with van der Waals surface area (Å²) < 4.78 is 0. The molecule has 0 radical (unpaired) electrons. The molecule has 1 atom stereocenters. The van der Waals surface area contributed by atoms with Gasteiger partial charge in [0, 0.05) is 19.0 Å². The fourth-order valence-corrected chi connectivity index (χ4v) is 2.19. The highest BCUT2D eigenvalue weighted by molar-refractivity contribution is 5.88. The third-order valence-corrected chi connectivity index (χ3v) is 3.26. The fourth-order valence-electron chi connectivity index (χ4n) is 2.19. The Hall–Kier alpha value is -1.06. The molecular formula is C14H26N2O2. The molecule has 0 saturated carbocycles. The van der Waals surface area contributed by atoms with Crippen LogP contribution in [0.25, 0.3) is 0 Å². The molecule has 1 saturated heterocycles. The molecule has 0 aromatic carbocycles. The zero-order chi connectivity index (χ0) is 13.7. The normalized spacial score (nSPS) is 17.3. The molecule has 1 fully saturated rings. The monoisotopic (exact) mass is 254 g/mol. The van der Waals surface area contributed by atoms with Crippen LogP contribution in [-0.2, 0) is 9.59 Å². The number of carbonyl (C=O) groups is 2. The number of carbonyl (C=O) groups excluding carboxylic acids is 2. The Morgan fingerprint density at radius 3 is 2.11 bits per heavy atom. The van der Waals surface area contributed by atoms with E-state index in [9.17, 15) is 9.59 Å². The van der Waals surface area contributed by atoms with Gasteiger partial charge in [0.05, 0.1) is 0 Å². The van der Waals surface area contributed by atoms with Crippen LogP contribution in [0.15, 0.2) is 0 Å². The van der Waals surface area contributed by atoms with E-state index in [2.05, 4.69) is 19.2 Å². The van der Waals surface area contributed by atoms with Gasteiger partial charge in [-0.15, -0.1) is 0 Å². The third kappa shape index (κ3) is 4.31. The molecule has 4 nitrogen and oxygen atoms in total. The Balaban J connectivity index is 2.64. The molecule has 0 aliphatic carbocycles. The minimum atomic E-state index is -0.349. The maximum Gasteiger partial charge on any atom is 0.245 e. The van der Waals surface area contributed by atoms with Gasteiger partial charge < -0.3 is 10.2 Å². The summed E-state index contributed by atoms with van der Waals surface area (Å²) >= 11 is 0. The predicted octanol–water partition coefficient (Wildman–Crippen LogP) is 1.80. The van der Waals surface area contributed by atoms with E-state index < -0.39 is 0 Å². The zero-order valence-electron chi connectivity index (χ0n) is 12.0. The van der Waals surface area contributed by atoms with Crippen LogP contribution in [0.5, 0.6) is 0 Å². The summed E-state index contributed by atoms with van der Waals surface area (Å²) in [4.78, 5) is 26.0. The highest BCUT2D eigenvalue weighted by atomic mass is 16.2. The maximum atomic E-state index is 12.4. The van der Waals surface area contributed by atoms with Crippen molar-refractivity contribution in [2.45, 2.75) is 53.0 Å². The molecular weight excluding hydrogens is 228 g/mol. The average molecular weight is 254 g/mol. The third-order valence-electron chi connectivity index (χ3n) is 3.26. The Kier molecular flexibility index (Phi) is 5.63. The highest BCUT2D eigenvalue weighted by Gasteiger charge is 2.28. The predicted molar refractivity (Wildman–Crippen MR) is 72.0 cm³/mol. The van der Waals surface area contributed by atoms with Crippen LogP contribution < -0.4 is 5.32 Å². The first-order valence-electron chi connectivity index (χ1n) is 7.01. The van der Waals surface area contributed by atoms with E-state index >= 15 is 0 Å². The molecule has 18 heavy (non-hydrogen) atoms. The van der Waals surface area contributed by atoms with Gasteiger partial charge in [0.15, 0.2) is 0 Å². The van der Waals surface area contributed by atoms with Crippen molar-refractivity contribution < 1.29 is 9.59 Å². The van der Waals surface area contributed by atoms with Gasteiger partial charge in [0.2, 0.25) is 11.8 Å². The number of hydrogen-bond donors (Lipinski definition) is 1. The van der Waals surface area contributed by atoms with Crippen molar-refractivity contribution in [2.75, 3.05) is 13.1 Å². The molecule has 0 spiro atoms. The quantitative estimate of drug-likeness (QED) is 0.813. The summed E-state index contributed by atoms with van der Waals surface area (Å²) in [5.74, 6) is 0.378. The first-order chi connectivity index (χ1) is 8.41. The van der Waals surface area contributed by atoms with Gasteiger partial charge in [-0.3, -0.25) is 9.59 Å². The number of nitrogens with one attached hydrogen (secondary N) is 1. The molecule has 4 heteroatoms. The van der Waals surface area contributed by atoms with Crippen molar-refractivity contribution in [3.63, 3.8) is 0 Å². The summed E-state index contributed by atoms with van der Waals surface area (Å²) in [6.45, 7) is 9.53. The number of amides is 2. The lowest BCUT2D eigenvalue weighted by Gasteiger charge is -2.26. The van der Waals surface area contributed by atoms with E-state index in [1.165, 1.54) is 0 Å². The molecule has 1 N–H and O–H groups in total. The van der Waals surface area contributed by atoms with E-state index in [1.807, 2.05) is 18.7 Å². The minimum absolute atomic E-state index is 0.0341. The van der Waals surface area contributed by atoms with Gasteiger partial charge >= 0.3 is 0 Å². The Labute approximate surface area is 110 Å². The molecule has 1 rings (SSSR count). The van der Waals surface area contributed by atoms with Crippen LogP contribution in [0.3, 0.4) is 0 Å². The van der Waals surface area contributed by atoms with Crippen molar-refractivity contribution in [1.82, 2.24) is 10.2 Å². The van der Waals surface area contributed by atoms with E-state index in [0.29, 0.717) is 12.3 Å². The average Bonchev–Trinajstić information content (AvgIpc) is 2.79.